The van der Waals surface area contributed by atoms with E-state index in [1.54, 1.807) is 0 Å². The molecule has 0 saturated heterocycles. The van der Waals surface area contributed by atoms with Crippen LogP contribution in [0.1, 0.15) is 22.5 Å². The number of ketones is 1. The van der Waals surface area contributed by atoms with Gasteiger partial charge in [0.15, 0.2) is 16.7 Å². The summed E-state index contributed by atoms with van der Waals surface area (Å²) in [6, 6.07) is 0. The molecular formula is C10H12BrNO4. The molecule has 1 aromatic heterocycles. The molecule has 88 valence electrons. The Morgan fingerprint density at radius 2 is 2.19 bits per heavy atom. The first-order chi connectivity index (χ1) is 7.69. The topological polar surface area (TPSA) is 61.6 Å². The van der Waals surface area contributed by atoms with Crippen molar-refractivity contribution in [2.24, 2.45) is 5.92 Å². The molecule has 1 aliphatic rings. The summed E-state index contributed by atoms with van der Waals surface area (Å²) in [4.78, 5) is 12.2. The van der Waals surface area contributed by atoms with Crippen LogP contribution in [-0.2, 0) is 15.9 Å². The van der Waals surface area contributed by atoms with E-state index < -0.39 is 6.29 Å². The number of hydrogen-bond donors (Lipinski definition) is 0. The zero-order chi connectivity index (χ0) is 11.7. The van der Waals surface area contributed by atoms with Gasteiger partial charge in [-0.05, 0) is 22.4 Å². The van der Waals surface area contributed by atoms with Gasteiger partial charge in [0.1, 0.15) is 5.76 Å². The van der Waals surface area contributed by atoms with Gasteiger partial charge in [0.25, 0.3) is 0 Å². The number of carbonyl (C=O) groups is 1. The van der Waals surface area contributed by atoms with Crippen molar-refractivity contribution < 1.29 is 18.8 Å². The van der Waals surface area contributed by atoms with Crippen LogP contribution in [0.25, 0.3) is 0 Å². The molecule has 5 nitrogen and oxygen atoms in total. The predicted molar refractivity (Wildman–Crippen MR) is 58.2 cm³/mol. The fourth-order valence-electron chi connectivity index (χ4n) is 2.00. The summed E-state index contributed by atoms with van der Waals surface area (Å²) in [7, 11) is 3.05. The molecule has 0 N–H and O–H groups in total. The first kappa shape index (κ1) is 11.8. The van der Waals surface area contributed by atoms with E-state index in [1.165, 1.54) is 14.2 Å². The Morgan fingerprint density at radius 1 is 1.50 bits per heavy atom. The zero-order valence-electron chi connectivity index (χ0n) is 9.03. The van der Waals surface area contributed by atoms with Gasteiger partial charge < -0.3 is 14.0 Å². The molecule has 1 unspecified atom stereocenters. The highest BCUT2D eigenvalue weighted by Crippen LogP contribution is 2.33. The fourth-order valence-corrected chi connectivity index (χ4v) is 2.49. The van der Waals surface area contributed by atoms with Crippen molar-refractivity contribution in [3.8, 4) is 0 Å². The second kappa shape index (κ2) is 4.65. The summed E-state index contributed by atoms with van der Waals surface area (Å²) in [5.41, 5.74) is 0.523. The second-order valence-corrected chi connectivity index (χ2v) is 4.37. The number of hydrogen-bond acceptors (Lipinski definition) is 5. The SMILES string of the molecule is COC(OC)C1CCc2onc(Br)c2C1=O. The quantitative estimate of drug-likeness (QED) is 0.794. The van der Waals surface area contributed by atoms with Gasteiger partial charge in [-0.2, -0.15) is 0 Å². The van der Waals surface area contributed by atoms with Gasteiger partial charge in [-0.1, -0.05) is 5.16 Å². The van der Waals surface area contributed by atoms with Crippen molar-refractivity contribution in [3.05, 3.63) is 15.9 Å². The number of fused-ring (bicyclic) bond motifs is 1. The van der Waals surface area contributed by atoms with Gasteiger partial charge in [0.2, 0.25) is 0 Å². The predicted octanol–water partition coefficient (Wildman–Crippen LogP) is 1.80. The van der Waals surface area contributed by atoms with Crippen molar-refractivity contribution in [2.45, 2.75) is 19.1 Å². The number of carbonyl (C=O) groups excluding carboxylic acids is 1. The maximum atomic E-state index is 12.2. The van der Waals surface area contributed by atoms with Crippen molar-refractivity contribution in [3.63, 3.8) is 0 Å². The molecule has 1 atom stereocenters. The summed E-state index contributed by atoms with van der Waals surface area (Å²) in [5, 5.41) is 3.73. The molecule has 0 radical (unpaired) electrons. The van der Waals surface area contributed by atoms with Crippen LogP contribution in [0.5, 0.6) is 0 Å². The van der Waals surface area contributed by atoms with Crippen LogP contribution >= 0.6 is 15.9 Å². The first-order valence-electron chi connectivity index (χ1n) is 4.93. The normalized spacial score (nSPS) is 20.2. The summed E-state index contributed by atoms with van der Waals surface area (Å²) in [5.74, 6) is 0.306. The number of ether oxygens (including phenoxy) is 2. The van der Waals surface area contributed by atoms with Gasteiger partial charge in [0, 0.05) is 20.6 Å². The van der Waals surface area contributed by atoms with Crippen LogP contribution in [0.4, 0.5) is 0 Å². The van der Waals surface area contributed by atoms with E-state index in [2.05, 4.69) is 21.1 Å². The third-order valence-electron chi connectivity index (χ3n) is 2.78. The summed E-state index contributed by atoms with van der Waals surface area (Å²) < 4.78 is 15.8. The fraction of sp³-hybridized carbons (Fsp3) is 0.600. The third kappa shape index (κ3) is 1.81. The molecule has 0 fully saturated rings. The lowest BCUT2D eigenvalue weighted by Gasteiger charge is -2.25. The van der Waals surface area contributed by atoms with Gasteiger partial charge in [-0.15, -0.1) is 0 Å². The second-order valence-electron chi connectivity index (χ2n) is 3.62. The Balaban J connectivity index is 2.30. The number of rotatable bonds is 3. The van der Waals surface area contributed by atoms with Gasteiger partial charge in [-0.25, -0.2) is 0 Å². The molecule has 16 heavy (non-hydrogen) atoms. The van der Waals surface area contributed by atoms with E-state index >= 15 is 0 Å². The van der Waals surface area contributed by atoms with E-state index in [4.69, 9.17) is 14.0 Å². The van der Waals surface area contributed by atoms with Crippen LogP contribution in [0.3, 0.4) is 0 Å². The van der Waals surface area contributed by atoms with Crippen LogP contribution in [0, 0.1) is 5.92 Å². The summed E-state index contributed by atoms with van der Waals surface area (Å²) in [6.07, 6.45) is 0.815. The lowest BCUT2D eigenvalue weighted by Crippen LogP contribution is -2.34. The molecule has 6 heteroatoms. The molecule has 0 amide bonds. The number of Topliss-reactive ketones (excluding diaryl/α,β-unsaturated/α-hetero) is 1. The Hall–Kier alpha value is -0.720. The Bertz CT molecular complexity index is 400. The summed E-state index contributed by atoms with van der Waals surface area (Å²) in [6.45, 7) is 0. The van der Waals surface area contributed by atoms with Crippen molar-refractivity contribution in [1.29, 1.82) is 0 Å². The minimum absolute atomic E-state index is 0.0388. The first-order valence-corrected chi connectivity index (χ1v) is 5.72. The highest BCUT2D eigenvalue weighted by molar-refractivity contribution is 9.10. The molecule has 0 saturated carbocycles. The van der Waals surface area contributed by atoms with Crippen LogP contribution < -0.4 is 0 Å². The van der Waals surface area contributed by atoms with Crippen LogP contribution in [0.2, 0.25) is 0 Å². The van der Waals surface area contributed by atoms with E-state index in [0.717, 1.165) is 0 Å². The lowest BCUT2D eigenvalue weighted by atomic mass is 9.86. The minimum atomic E-state index is -0.512. The Morgan fingerprint density at radius 3 is 2.81 bits per heavy atom. The lowest BCUT2D eigenvalue weighted by molar-refractivity contribution is -0.128. The highest BCUT2D eigenvalue weighted by atomic mass is 79.9. The number of nitrogens with zero attached hydrogens (tertiary/aromatic N) is 1. The number of methoxy groups -OCH3 is 2. The van der Waals surface area contributed by atoms with E-state index in [9.17, 15) is 4.79 Å². The third-order valence-corrected chi connectivity index (χ3v) is 3.32. The zero-order valence-corrected chi connectivity index (χ0v) is 10.6. The van der Waals surface area contributed by atoms with E-state index in [1.807, 2.05) is 0 Å². The molecule has 0 bridgehead atoms. The minimum Gasteiger partial charge on any atom is -0.359 e. The molecule has 0 aromatic carbocycles. The standard InChI is InChI=1S/C10H12BrNO4/c1-14-10(15-2)5-3-4-6-7(8(5)13)9(11)12-16-6/h5,10H,3-4H2,1-2H3. The molecular weight excluding hydrogens is 278 g/mol. The van der Waals surface area contributed by atoms with E-state index in [-0.39, 0.29) is 11.7 Å². The smallest absolute Gasteiger partial charge is 0.177 e. The molecule has 1 aromatic rings. The molecule has 1 heterocycles. The van der Waals surface area contributed by atoms with Gasteiger partial charge in [-0.3, -0.25) is 4.79 Å². The highest BCUT2D eigenvalue weighted by Gasteiger charge is 2.38. The van der Waals surface area contributed by atoms with Gasteiger partial charge in [0.05, 0.1) is 11.5 Å². The van der Waals surface area contributed by atoms with Crippen LogP contribution in [0.15, 0.2) is 9.13 Å². The Kier molecular flexibility index (Phi) is 3.41. The number of halogens is 1. The molecule has 1 aliphatic carbocycles. The van der Waals surface area contributed by atoms with Crippen molar-refractivity contribution in [1.82, 2.24) is 5.16 Å². The van der Waals surface area contributed by atoms with E-state index in [0.29, 0.717) is 28.8 Å². The monoisotopic (exact) mass is 289 g/mol. The maximum absolute atomic E-state index is 12.2. The van der Waals surface area contributed by atoms with Crippen molar-refractivity contribution in [2.75, 3.05) is 14.2 Å². The Labute approximate surface area is 101 Å². The number of aromatic nitrogens is 1. The molecule has 0 aliphatic heterocycles. The van der Waals surface area contributed by atoms with Crippen molar-refractivity contribution >= 4 is 21.7 Å². The molecule has 2 rings (SSSR count). The van der Waals surface area contributed by atoms with Gasteiger partial charge >= 0.3 is 0 Å². The largest absolute Gasteiger partial charge is 0.359 e. The summed E-state index contributed by atoms with van der Waals surface area (Å²) >= 11 is 3.21. The number of aryl methyl sites for hydroxylation is 1. The maximum Gasteiger partial charge on any atom is 0.177 e. The average Bonchev–Trinajstić information content (AvgIpc) is 2.66. The average molecular weight is 290 g/mol. The van der Waals surface area contributed by atoms with Crippen LogP contribution in [-0.4, -0.2) is 31.4 Å². The molecule has 0 spiro atoms.